The molecule has 0 spiro atoms. The van der Waals surface area contributed by atoms with E-state index in [-0.39, 0.29) is 5.91 Å². The van der Waals surface area contributed by atoms with Crippen molar-refractivity contribution in [3.05, 3.63) is 18.2 Å². The Labute approximate surface area is 76.7 Å². The molecule has 13 heavy (non-hydrogen) atoms. The Hall–Kier alpha value is -1.36. The minimum atomic E-state index is -0.414. The minimum absolute atomic E-state index is 0.128. The SMILES string of the molecule is CC[C@H](N)C(=O)NCc1cnc[nH]1. The molecule has 5 heteroatoms. The molecular formula is C8H14N4O. The van der Waals surface area contributed by atoms with Gasteiger partial charge in [0.25, 0.3) is 0 Å². The van der Waals surface area contributed by atoms with Crippen LogP contribution in [-0.2, 0) is 11.3 Å². The Morgan fingerprint density at radius 3 is 3.15 bits per heavy atom. The number of nitrogens with two attached hydrogens (primary N) is 1. The molecule has 0 bridgehead atoms. The number of H-pyrrole nitrogens is 1. The van der Waals surface area contributed by atoms with Crippen molar-refractivity contribution in [1.29, 1.82) is 0 Å². The molecule has 0 saturated heterocycles. The Morgan fingerprint density at radius 1 is 1.85 bits per heavy atom. The van der Waals surface area contributed by atoms with Crippen LogP contribution in [0.1, 0.15) is 19.0 Å². The summed E-state index contributed by atoms with van der Waals surface area (Å²) in [6.07, 6.45) is 3.88. The zero-order chi connectivity index (χ0) is 9.68. The summed E-state index contributed by atoms with van der Waals surface area (Å²) < 4.78 is 0. The molecule has 0 radical (unpaired) electrons. The molecule has 72 valence electrons. The molecule has 0 fully saturated rings. The van der Waals surface area contributed by atoms with Crippen molar-refractivity contribution in [3.63, 3.8) is 0 Å². The quantitative estimate of drug-likeness (QED) is 0.601. The van der Waals surface area contributed by atoms with Gasteiger partial charge in [-0.05, 0) is 6.42 Å². The molecule has 1 amide bonds. The van der Waals surface area contributed by atoms with E-state index in [2.05, 4.69) is 15.3 Å². The summed E-state index contributed by atoms with van der Waals surface area (Å²) in [4.78, 5) is 17.9. The smallest absolute Gasteiger partial charge is 0.237 e. The number of aromatic amines is 1. The average molecular weight is 182 g/mol. The third-order valence-corrected chi connectivity index (χ3v) is 1.78. The standard InChI is InChI=1S/C8H14N4O/c1-2-7(9)8(13)11-4-6-3-10-5-12-6/h3,5,7H,2,4,9H2,1H3,(H,10,12)(H,11,13)/t7-/m0/s1. The highest BCUT2D eigenvalue weighted by atomic mass is 16.2. The molecule has 0 saturated carbocycles. The van der Waals surface area contributed by atoms with Gasteiger partial charge in [-0.3, -0.25) is 4.79 Å². The lowest BCUT2D eigenvalue weighted by Gasteiger charge is -2.08. The van der Waals surface area contributed by atoms with E-state index < -0.39 is 6.04 Å². The van der Waals surface area contributed by atoms with Crippen LogP contribution in [0, 0.1) is 0 Å². The maximum absolute atomic E-state index is 11.2. The summed E-state index contributed by atoms with van der Waals surface area (Å²) in [6.45, 7) is 2.33. The van der Waals surface area contributed by atoms with Crippen LogP contribution in [0.4, 0.5) is 0 Å². The Balaban J connectivity index is 2.31. The van der Waals surface area contributed by atoms with Crippen molar-refractivity contribution >= 4 is 5.91 Å². The van der Waals surface area contributed by atoms with Gasteiger partial charge in [0.1, 0.15) is 0 Å². The van der Waals surface area contributed by atoms with Crippen LogP contribution < -0.4 is 11.1 Å². The molecule has 1 heterocycles. The highest BCUT2D eigenvalue weighted by Crippen LogP contribution is 1.91. The number of carbonyl (C=O) groups excluding carboxylic acids is 1. The second-order valence-corrected chi connectivity index (χ2v) is 2.81. The number of nitrogens with one attached hydrogen (secondary N) is 2. The fourth-order valence-electron chi connectivity index (χ4n) is 0.880. The number of aromatic nitrogens is 2. The van der Waals surface area contributed by atoms with E-state index in [1.165, 1.54) is 0 Å². The zero-order valence-electron chi connectivity index (χ0n) is 7.58. The van der Waals surface area contributed by atoms with Crippen molar-refractivity contribution in [2.24, 2.45) is 5.73 Å². The average Bonchev–Trinajstić information content (AvgIpc) is 2.65. The van der Waals surface area contributed by atoms with Crippen molar-refractivity contribution in [1.82, 2.24) is 15.3 Å². The second-order valence-electron chi connectivity index (χ2n) is 2.81. The van der Waals surface area contributed by atoms with Crippen LogP contribution in [0.3, 0.4) is 0 Å². The summed E-state index contributed by atoms with van der Waals surface area (Å²) in [6, 6.07) is -0.414. The predicted octanol–water partition coefficient (Wildman–Crippen LogP) is -0.237. The number of carbonyl (C=O) groups is 1. The van der Waals surface area contributed by atoms with Crippen LogP contribution in [0.5, 0.6) is 0 Å². The van der Waals surface area contributed by atoms with Crippen LogP contribution in [0.15, 0.2) is 12.5 Å². The molecule has 1 atom stereocenters. The predicted molar refractivity (Wildman–Crippen MR) is 48.7 cm³/mol. The summed E-state index contributed by atoms with van der Waals surface area (Å²) in [7, 11) is 0. The van der Waals surface area contributed by atoms with Crippen LogP contribution in [0.25, 0.3) is 0 Å². The molecule has 0 aliphatic carbocycles. The van der Waals surface area contributed by atoms with Gasteiger partial charge < -0.3 is 16.0 Å². The fraction of sp³-hybridized carbons (Fsp3) is 0.500. The minimum Gasteiger partial charge on any atom is -0.349 e. The summed E-state index contributed by atoms with van der Waals surface area (Å²) in [5, 5.41) is 2.70. The number of imidazole rings is 1. The number of hydrogen-bond donors (Lipinski definition) is 3. The van der Waals surface area contributed by atoms with Gasteiger partial charge in [0.2, 0.25) is 5.91 Å². The van der Waals surface area contributed by atoms with E-state index in [4.69, 9.17) is 5.73 Å². The number of hydrogen-bond acceptors (Lipinski definition) is 3. The normalized spacial score (nSPS) is 12.5. The lowest BCUT2D eigenvalue weighted by atomic mass is 10.2. The van der Waals surface area contributed by atoms with E-state index in [9.17, 15) is 4.79 Å². The molecule has 0 aliphatic rings. The summed E-state index contributed by atoms with van der Waals surface area (Å²) in [5.74, 6) is -0.128. The molecule has 5 nitrogen and oxygen atoms in total. The third kappa shape index (κ3) is 2.87. The van der Waals surface area contributed by atoms with Gasteiger partial charge in [0.15, 0.2) is 0 Å². The monoisotopic (exact) mass is 182 g/mol. The first-order chi connectivity index (χ1) is 6.24. The topological polar surface area (TPSA) is 83.8 Å². The van der Waals surface area contributed by atoms with E-state index in [0.717, 1.165) is 5.69 Å². The van der Waals surface area contributed by atoms with Gasteiger partial charge in [-0.1, -0.05) is 6.92 Å². The molecule has 4 N–H and O–H groups in total. The Kier molecular flexibility index (Phi) is 3.45. The molecule has 1 aromatic heterocycles. The van der Waals surface area contributed by atoms with Crippen molar-refractivity contribution in [2.75, 3.05) is 0 Å². The fourth-order valence-corrected chi connectivity index (χ4v) is 0.880. The van der Waals surface area contributed by atoms with Crippen molar-refractivity contribution < 1.29 is 4.79 Å². The van der Waals surface area contributed by atoms with Crippen molar-refractivity contribution in [3.8, 4) is 0 Å². The molecule has 1 rings (SSSR count). The van der Waals surface area contributed by atoms with Crippen LogP contribution in [0.2, 0.25) is 0 Å². The highest BCUT2D eigenvalue weighted by molar-refractivity contribution is 5.81. The number of amides is 1. The first-order valence-corrected chi connectivity index (χ1v) is 4.24. The van der Waals surface area contributed by atoms with Gasteiger partial charge in [-0.25, -0.2) is 4.98 Å². The Bertz CT molecular complexity index is 257. The molecule has 1 aromatic rings. The van der Waals surface area contributed by atoms with E-state index in [1.807, 2.05) is 6.92 Å². The Morgan fingerprint density at radius 2 is 2.62 bits per heavy atom. The largest absolute Gasteiger partial charge is 0.349 e. The van der Waals surface area contributed by atoms with Gasteiger partial charge in [0, 0.05) is 6.20 Å². The summed E-state index contributed by atoms with van der Waals surface area (Å²) in [5.41, 5.74) is 6.39. The molecule has 0 aliphatic heterocycles. The first kappa shape index (κ1) is 9.73. The zero-order valence-corrected chi connectivity index (χ0v) is 7.58. The lowest BCUT2D eigenvalue weighted by Crippen LogP contribution is -2.39. The lowest BCUT2D eigenvalue weighted by molar-refractivity contribution is -0.122. The van der Waals surface area contributed by atoms with E-state index in [1.54, 1.807) is 12.5 Å². The van der Waals surface area contributed by atoms with Gasteiger partial charge >= 0.3 is 0 Å². The molecular weight excluding hydrogens is 168 g/mol. The van der Waals surface area contributed by atoms with Crippen LogP contribution >= 0.6 is 0 Å². The first-order valence-electron chi connectivity index (χ1n) is 4.24. The van der Waals surface area contributed by atoms with Crippen molar-refractivity contribution in [2.45, 2.75) is 25.9 Å². The number of rotatable bonds is 4. The third-order valence-electron chi connectivity index (χ3n) is 1.78. The van der Waals surface area contributed by atoms with Crippen LogP contribution in [-0.4, -0.2) is 21.9 Å². The molecule has 0 aromatic carbocycles. The summed E-state index contributed by atoms with van der Waals surface area (Å²) >= 11 is 0. The van der Waals surface area contributed by atoms with Gasteiger partial charge in [-0.2, -0.15) is 0 Å². The maximum Gasteiger partial charge on any atom is 0.237 e. The highest BCUT2D eigenvalue weighted by Gasteiger charge is 2.09. The number of nitrogens with zero attached hydrogens (tertiary/aromatic N) is 1. The maximum atomic E-state index is 11.2. The molecule has 0 unspecified atom stereocenters. The van der Waals surface area contributed by atoms with Gasteiger partial charge in [0.05, 0.1) is 24.6 Å². The second kappa shape index (κ2) is 4.61. The van der Waals surface area contributed by atoms with E-state index >= 15 is 0 Å². The van der Waals surface area contributed by atoms with E-state index in [0.29, 0.717) is 13.0 Å². The van der Waals surface area contributed by atoms with Gasteiger partial charge in [-0.15, -0.1) is 0 Å².